The van der Waals surface area contributed by atoms with Crippen LogP contribution in [0.1, 0.15) is 10.4 Å². The molecule has 0 saturated carbocycles. The average molecular weight is 411 g/mol. The van der Waals surface area contributed by atoms with E-state index in [-0.39, 0.29) is 18.4 Å². The summed E-state index contributed by atoms with van der Waals surface area (Å²) in [6, 6.07) is 12.2. The Bertz CT molecular complexity index is 765. The Morgan fingerprint density at radius 3 is 2.58 bits per heavy atom. The Kier molecular flexibility index (Phi) is 6.23. The highest BCUT2D eigenvalue weighted by Gasteiger charge is 2.10. The molecule has 0 aliphatic rings. The van der Waals surface area contributed by atoms with Gasteiger partial charge in [-0.2, -0.15) is 0 Å². The van der Waals surface area contributed by atoms with E-state index in [4.69, 9.17) is 11.6 Å². The Labute approximate surface area is 154 Å². The number of nitrogens with zero attached hydrogens (tertiary/aromatic N) is 1. The molecular formula is C17H17BrClN3O2. The van der Waals surface area contributed by atoms with E-state index >= 15 is 0 Å². The van der Waals surface area contributed by atoms with Crippen molar-refractivity contribution in [2.24, 2.45) is 0 Å². The molecule has 2 aromatic rings. The van der Waals surface area contributed by atoms with Crippen molar-refractivity contribution in [1.29, 1.82) is 0 Å². The zero-order chi connectivity index (χ0) is 17.7. The molecule has 0 aromatic heterocycles. The Balaban J connectivity index is 1.97. The molecular weight excluding hydrogens is 394 g/mol. The summed E-state index contributed by atoms with van der Waals surface area (Å²) >= 11 is 9.42. The van der Waals surface area contributed by atoms with Crippen LogP contribution in [0, 0.1) is 0 Å². The lowest BCUT2D eigenvalue weighted by molar-refractivity contribution is -0.114. The number of anilines is 2. The number of rotatable bonds is 5. The van der Waals surface area contributed by atoms with Gasteiger partial charge in [0.2, 0.25) is 5.91 Å². The van der Waals surface area contributed by atoms with Gasteiger partial charge in [0.1, 0.15) is 0 Å². The minimum Gasteiger partial charge on any atom is -0.375 e. The van der Waals surface area contributed by atoms with Crippen LogP contribution in [0.5, 0.6) is 0 Å². The molecule has 126 valence electrons. The molecule has 7 heteroatoms. The van der Waals surface area contributed by atoms with E-state index in [1.807, 2.05) is 6.07 Å². The zero-order valence-corrected chi connectivity index (χ0v) is 15.6. The highest BCUT2D eigenvalue weighted by Crippen LogP contribution is 2.25. The normalized spacial score (nSPS) is 10.2. The predicted molar refractivity (Wildman–Crippen MR) is 101 cm³/mol. The molecule has 2 amide bonds. The van der Waals surface area contributed by atoms with E-state index < -0.39 is 0 Å². The second kappa shape index (κ2) is 8.17. The van der Waals surface area contributed by atoms with Crippen LogP contribution in [0.25, 0.3) is 0 Å². The summed E-state index contributed by atoms with van der Waals surface area (Å²) in [4.78, 5) is 25.5. The van der Waals surface area contributed by atoms with E-state index in [1.165, 1.54) is 4.90 Å². The van der Waals surface area contributed by atoms with Crippen molar-refractivity contribution in [3.8, 4) is 0 Å². The summed E-state index contributed by atoms with van der Waals surface area (Å²) in [5.41, 5.74) is 1.75. The van der Waals surface area contributed by atoms with Crippen molar-refractivity contribution in [2.45, 2.75) is 0 Å². The fourth-order valence-corrected chi connectivity index (χ4v) is 2.74. The predicted octanol–water partition coefficient (Wildman–Crippen LogP) is 3.85. The van der Waals surface area contributed by atoms with Gasteiger partial charge in [-0.1, -0.05) is 33.6 Å². The number of halogens is 2. The maximum absolute atomic E-state index is 12.1. The molecule has 2 rings (SSSR count). The van der Waals surface area contributed by atoms with E-state index in [2.05, 4.69) is 26.6 Å². The smallest absolute Gasteiger partial charge is 0.253 e. The standard InChI is InChI=1S/C17H17BrClN3O2/c1-22(2)17(24)11-4-3-5-13(8-11)21-16(23)10-20-15-7-6-12(18)9-14(15)19/h3-9,20H,10H2,1-2H3,(H,21,23). The zero-order valence-electron chi connectivity index (χ0n) is 13.3. The second-order valence-corrected chi connectivity index (χ2v) is 6.63. The van der Waals surface area contributed by atoms with Crippen molar-refractivity contribution in [3.63, 3.8) is 0 Å². The van der Waals surface area contributed by atoms with Crippen molar-refractivity contribution in [3.05, 3.63) is 57.5 Å². The lowest BCUT2D eigenvalue weighted by Crippen LogP contribution is -2.23. The largest absolute Gasteiger partial charge is 0.375 e. The fraction of sp³-hybridized carbons (Fsp3) is 0.176. The van der Waals surface area contributed by atoms with Crippen LogP contribution in [0.2, 0.25) is 5.02 Å². The molecule has 24 heavy (non-hydrogen) atoms. The summed E-state index contributed by atoms with van der Waals surface area (Å²) in [6.45, 7) is 0.0627. The molecule has 0 fully saturated rings. The monoisotopic (exact) mass is 409 g/mol. The summed E-state index contributed by atoms with van der Waals surface area (Å²) in [5.74, 6) is -0.352. The number of carbonyl (C=O) groups is 2. The maximum Gasteiger partial charge on any atom is 0.253 e. The summed E-state index contributed by atoms with van der Waals surface area (Å²) in [5, 5.41) is 6.25. The third kappa shape index (κ3) is 4.97. The first kappa shape index (κ1) is 18.3. The van der Waals surface area contributed by atoms with Gasteiger partial charge in [-0.25, -0.2) is 0 Å². The van der Waals surface area contributed by atoms with E-state index in [0.29, 0.717) is 22.0 Å². The van der Waals surface area contributed by atoms with Crippen LogP contribution >= 0.6 is 27.5 Å². The molecule has 2 N–H and O–H groups in total. The first-order valence-electron chi connectivity index (χ1n) is 7.17. The summed E-state index contributed by atoms with van der Waals surface area (Å²) < 4.78 is 0.866. The molecule has 0 spiro atoms. The molecule has 0 bridgehead atoms. The number of amides is 2. The molecule has 0 heterocycles. The van der Waals surface area contributed by atoms with Gasteiger partial charge < -0.3 is 15.5 Å². The van der Waals surface area contributed by atoms with Crippen molar-refractivity contribution in [2.75, 3.05) is 31.3 Å². The van der Waals surface area contributed by atoms with Gasteiger partial charge in [0.25, 0.3) is 5.91 Å². The SMILES string of the molecule is CN(C)C(=O)c1cccc(NC(=O)CNc2ccc(Br)cc2Cl)c1. The topological polar surface area (TPSA) is 61.4 Å². The molecule has 0 radical (unpaired) electrons. The highest BCUT2D eigenvalue weighted by molar-refractivity contribution is 9.10. The number of carbonyl (C=O) groups excluding carboxylic acids is 2. The quantitative estimate of drug-likeness (QED) is 0.787. The maximum atomic E-state index is 12.1. The van der Waals surface area contributed by atoms with Crippen molar-refractivity contribution >= 4 is 50.7 Å². The molecule has 2 aromatic carbocycles. The van der Waals surface area contributed by atoms with Crippen LogP contribution in [-0.4, -0.2) is 37.4 Å². The Hall–Kier alpha value is -2.05. The van der Waals surface area contributed by atoms with E-state index in [9.17, 15) is 9.59 Å². The van der Waals surface area contributed by atoms with E-state index in [1.54, 1.807) is 50.5 Å². The molecule has 0 saturated heterocycles. The first-order chi connectivity index (χ1) is 11.4. The molecule has 0 atom stereocenters. The number of hydrogen-bond acceptors (Lipinski definition) is 3. The van der Waals surface area contributed by atoms with Crippen molar-refractivity contribution in [1.82, 2.24) is 4.90 Å². The highest BCUT2D eigenvalue weighted by atomic mass is 79.9. The summed E-state index contributed by atoms with van der Waals surface area (Å²) in [6.07, 6.45) is 0. The van der Waals surface area contributed by atoms with Gasteiger partial charge in [-0.3, -0.25) is 9.59 Å². The third-order valence-corrected chi connectivity index (χ3v) is 3.98. The molecule has 0 aliphatic heterocycles. The van der Waals surface area contributed by atoms with Crippen LogP contribution < -0.4 is 10.6 Å². The Morgan fingerprint density at radius 1 is 1.17 bits per heavy atom. The van der Waals surface area contributed by atoms with Crippen molar-refractivity contribution < 1.29 is 9.59 Å². The molecule has 5 nitrogen and oxygen atoms in total. The van der Waals surface area contributed by atoms with Gasteiger partial charge in [0, 0.05) is 29.8 Å². The second-order valence-electron chi connectivity index (χ2n) is 5.31. The lowest BCUT2D eigenvalue weighted by atomic mass is 10.2. The number of benzene rings is 2. The minimum atomic E-state index is -0.233. The fourth-order valence-electron chi connectivity index (χ4n) is 2.00. The number of nitrogens with one attached hydrogen (secondary N) is 2. The average Bonchev–Trinajstić information content (AvgIpc) is 2.53. The van der Waals surface area contributed by atoms with Gasteiger partial charge in [0.05, 0.1) is 17.3 Å². The minimum absolute atomic E-state index is 0.0627. The van der Waals surface area contributed by atoms with Gasteiger partial charge in [-0.15, -0.1) is 0 Å². The number of hydrogen-bond donors (Lipinski definition) is 2. The van der Waals surface area contributed by atoms with Crippen LogP contribution in [0.3, 0.4) is 0 Å². The summed E-state index contributed by atoms with van der Waals surface area (Å²) in [7, 11) is 3.36. The lowest BCUT2D eigenvalue weighted by Gasteiger charge is -2.12. The van der Waals surface area contributed by atoms with Gasteiger partial charge >= 0.3 is 0 Å². The molecule has 0 aliphatic carbocycles. The van der Waals surface area contributed by atoms with Crippen LogP contribution in [0.15, 0.2) is 46.9 Å². The van der Waals surface area contributed by atoms with Gasteiger partial charge in [0.15, 0.2) is 0 Å². The molecule has 0 unspecified atom stereocenters. The van der Waals surface area contributed by atoms with E-state index in [0.717, 1.165) is 4.47 Å². The Morgan fingerprint density at radius 2 is 1.92 bits per heavy atom. The van der Waals surface area contributed by atoms with Crippen LogP contribution in [0.4, 0.5) is 11.4 Å². The van der Waals surface area contributed by atoms with Crippen LogP contribution in [-0.2, 0) is 4.79 Å². The van der Waals surface area contributed by atoms with Gasteiger partial charge in [-0.05, 0) is 36.4 Å². The first-order valence-corrected chi connectivity index (χ1v) is 8.34. The third-order valence-electron chi connectivity index (χ3n) is 3.17.